The second kappa shape index (κ2) is 4.20. The van der Waals surface area contributed by atoms with Gasteiger partial charge in [-0.1, -0.05) is 0 Å². The summed E-state index contributed by atoms with van der Waals surface area (Å²) >= 11 is 1.66. The van der Waals surface area contributed by atoms with E-state index in [-0.39, 0.29) is 18.3 Å². The molecule has 100 valence electrons. The topological polar surface area (TPSA) is 36.3 Å². The predicted molar refractivity (Wildman–Crippen MR) is 77.2 cm³/mol. The van der Waals surface area contributed by atoms with Crippen LogP contribution in [-0.2, 0) is 9.31 Å². The maximum atomic E-state index is 6.04. The first-order chi connectivity index (χ1) is 8.89. The Labute approximate surface area is 117 Å². The zero-order chi connectivity index (χ0) is 13.7. The Kier molecular flexibility index (Phi) is 2.85. The molecule has 0 aliphatic carbocycles. The van der Waals surface area contributed by atoms with E-state index in [0.29, 0.717) is 0 Å². The molecule has 0 aromatic carbocycles. The standard InChI is InChI=1S/C13H17BN2O2S/c1-12(2)13(3,4)18-14(17-12)10-5-6-11(19-10)16-8-7-15-9-16/h5-9H,1-4H3. The van der Waals surface area contributed by atoms with Crippen molar-refractivity contribution in [1.29, 1.82) is 0 Å². The van der Waals surface area contributed by atoms with Gasteiger partial charge in [0.25, 0.3) is 0 Å². The van der Waals surface area contributed by atoms with Gasteiger partial charge in [0.05, 0.1) is 22.5 Å². The Hall–Kier alpha value is -1.11. The van der Waals surface area contributed by atoms with Crippen molar-refractivity contribution < 1.29 is 9.31 Å². The quantitative estimate of drug-likeness (QED) is 0.789. The van der Waals surface area contributed by atoms with E-state index in [2.05, 4.69) is 44.8 Å². The van der Waals surface area contributed by atoms with E-state index < -0.39 is 0 Å². The van der Waals surface area contributed by atoms with Gasteiger partial charge in [-0.15, -0.1) is 11.3 Å². The van der Waals surface area contributed by atoms with Crippen LogP contribution in [0.15, 0.2) is 30.9 Å². The number of rotatable bonds is 2. The molecule has 6 heteroatoms. The molecule has 4 nitrogen and oxygen atoms in total. The highest BCUT2D eigenvalue weighted by Gasteiger charge is 2.52. The average Bonchev–Trinajstić information content (AvgIpc) is 3.00. The zero-order valence-electron chi connectivity index (χ0n) is 11.6. The summed E-state index contributed by atoms with van der Waals surface area (Å²) in [5.41, 5.74) is -0.590. The lowest BCUT2D eigenvalue weighted by Gasteiger charge is -2.32. The third-order valence-electron chi connectivity index (χ3n) is 3.86. The molecule has 0 N–H and O–H groups in total. The van der Waals surface area contributed by atoms with Crippen LogP contribution in [0.5, 0.6) is 0 Å². The highest BCUT2D eigenvalue weighted by molar-refractivity contribution is 7.24. The summed E-state index contributed by atoms with van der Waals surface area (Å²) in [6.45, 7) is 8.27. The van der Waals surface area contributed by atoms with Crippen LogP contribution in [-0.4, -0.2) is 27.9 Å². The van der Waals surface area contributed by atoms with Gasteiger partial charge in [-0.2, -0.15) is 0 Å². The largest absolute Gasteiger partial charge is 0.505 e. The molecule has 1 saturated heterocycles. The minimum Gasteiger partial charge on any atom is -0.399 e. The van der Waals surface area contributed by atoms with Crippen molar-refractivity contribution in [3.63, 3.8) is 0 Å². The Morgan fingerprint density at radius 1 is 1.16 bits per heavy atom. The number of thiophene rings is 1. The van der Waals surface area contributed by atoms with Crippen LogP contribution < -0.4 is 4.78 Å². The molecule has 0 atom stereocenters. The lowest BCUT2D eigenvalue weighted by Crippen LogP contribution is -2.41. The van der Waals surface area contributed by atoms with Gasteiger partial charge in [0.15, 0.2) is 0 Å². The molecule has 0 unspecified atom stereocenters. The predicted octanol–water partition coefficient (Wildman–Crippen LogP) is 2.23. The smallest absolute Gasteiger partial charge is 0.399 e. The van der Waals surface area contributed by atoms with E-state index in [1.807, 2.05) is 10.8 Å². The fourth-order valence-electron chi connectivity index (χ4n) is 1.96. The summed E-state index contributed by atoms with van der Waals surface area (Å²) in [4.78, 5) is 4.06. The molecule has 1 aliphatic rings. The van der Waals surface area contributed by atoms with Crippen molar-refractivity contribution in [1.82, 2.24) is 9.55 Å². The molecule has 0 radical (unpaired) electrons. The highest BCUT2D eigenvalue weighted by atomic mass is 32.1. The minimum atomic E-state index is -0.295. The number of nitrogens with zero attached hydrogens (tertiary/aromatic N) is 2. The molecule has 1 aliphatic heterocycles. The summed E-state index contributed by atoms with van der Waals surface area (Å²) in [5, 5.41) is 1.11. The monoisotopic (exact) mass is 276 g/mol. The lowest BCUT2D eigenvalue weighted by atomic mass is 9.88. The summed E-state index contributed by atoms with van der Waals surface area (Å²) < 4.78 is 15.2. The van der Waals surface area contributed by atoms with E-state index in [0.717, 1.165) is 9.78 Å². The second-order valence-electron chi connectivity index (χ2n) is 5.73. The summed E-state index contributed by atoms with van der Waals surface area (Å²) in [6.07, 6.45) is 5.49. The van der Waals surface area contributed by atoms with Crippen LogP contribution >= 0.6 is 11.3 Å². The minimum absolute atomic E-state index is 0.285. The normalized spacial score (nSPS) is 20.9. The van der Waals surface area contributed by atoms with Crippen LogP contribution in [0.3, 0.4) is 0 Å². The van der Waals surface area contributed by atoms with E-state index in [1.165, 1.54) is 0 Å². The molecule has 0 saturated carbocycles. The summed E-state index contributed by atoms with van der Waals surface area (Å²) in [5.74, 6) is 0. The van der Waals surface area contributed by atoms with Crippen molar-refractivity contribution in [3.8, 4) is 5.00 Å². The Bertz CT molecular complexity index is 561. The number of hydrogen-bond acceptors (Lipinski definition) is 4. The number of imidazole rings is 1. The average molecular weight is 276 g/mol. The SMILES string of the molecule is CC1(C)OB(c2ccc(-n3ccnc3)s2)OC1(C)C. The summed E-state index contributed by atoms with van der Waals surface area (Å²) in [7, 11) is -0.285. The molecular weight excluding hydrogens is 259 g/mol. The number of hydrogen-bond donors (Lipinski definition) is 0. The van der Waals surface area contributed by atoms with Gasteiger partial charge in [0.1, 0.15) is 0 Å². The molecule has 0 bridgehead atoms. The van der Waals surface area contributed by atoms with Gasteiger partial charge >= 0.3 is 7.12 Å². The summed E-state index contributed by atoms with van der Waals surface area (Å²) in [6, 6.07) is 4.12. The zero-order valence-corrected chi connectivity index (χ0v) is 12.4. The maximum Gasteiger partial charge on any atom is 0.505 e. The van der Waals surface area contributed by atoms with Crippen molar-refractivity contribution in [2.75, 3.05) is 0 Å². The first kappa shape index (κ1) is 12.9. The van der Waals surface area contributed by atoms with E-state index in [4.69, 9.17) is 9.31 Å². The van der Waals surface area contributed by atoms with Crippen LogP contribution in [0.1, 0.15) is 27.7 Å². The van der Waals surface area contributed by atoms with Gasteiger partial charge in [-0.05, 0) is 39.8 Å². The maximum absolute atomic E-state index is 6.04. The highest BCUT2D eigenvalue weighted by Crippen LogP contribution is 2.37. The van der Waals surface area contributed by atoms with Crippen LogP contribution in [0.4, 0.5) is 0 Å². The Balaban J connectivity index is 1.85. The van der Waals surface area contributed by atoms with Gasteiger partial charge < -0.3 is 9.31 Å². The van der Waals surface area contributed by atoms with Gasteiger partial charge in [-0.25, -0.2) is 4.98 Å². The Morgan fingerprint density at radius 3 is 2.42 bits per heavy atom. The molecule has 3 rings (SSSR count). The van der Waals surface area contributed by atoms with Crippen molar-refractivity contribution in [2.24, 2.45) is 0 Å². The molecule has 3 heterocycles. The number of aromatic nitrogens is 2. The lowest BCUT2D eigenvalue weighted by molar-refractivity contribution is 0.00578. The Morgan fingerprint density at radius 2 is 1.84 bits per heavy atom. The van der Waals surface area contributed by atoms with Crippen LogP contribution in [0.25, 0.3) is 5.00 Å². The third-order valence-corrected chi connectivity index (χ3v) is 4.98. The molecule has 0 amide bonds. The molecule has 1 fully saturated rings. The van der Waals surface area contributed by atoms with Gasteiger partial charge in [0, 0.05) is 17.2 Å². The molecular formula is C13H17BN2O2S. The van der Waals surface area contributed by atoms with Crippen LogP contribution in [0.2, 0.25) is 0 Å². The molecule has 2 aromatic rings. The first-order valence-electron chi connectivity index (χ1n) is 6.33. The van der Waals surface area contributed by atoms with Crippen molar-refractivity contribution in [3.05, 3.63) is 30.9 Å². The van der Waals surface area contributed by atoms with Crippen molar-refractivity contribution in [2.45, 2.75) is 38.9 Å². The van der Waals surface area contributed by atoms with E-state index in [9.17, 15) is 0 Å². The fourth-order valence-corrected chi connectivity index (χ4v) is 2.88. The third kappa shape index (κ3) is 2.14. The molecule has 2 aromatic heterocycles. The fraction of sp³-hybridized carbons (Fsp3) is 0.462. The van der Waals surface area contributed by atoms with Gasteiger partial charge in [-0.3, -0.25) is 4.57 Å². The molecule has 0 spiro atoms. The van der Waals surface area contributed by atoms with E-state index >= 15 is 0 Å². The van der Waals surface area contributed by atoms with Crippen molar-refractivity contribution >= 4 is 23.2 Å². The molecule has 19 heavy (non-hydrogen) atoms. The van der Waals surface area contributed by atoms with Gasteiger partial charge in [0.2, 0.25) is 0 Å². The van der Waals surface area contributed by atoms with Crippen LogP contribution in [0, 0.1) is 0 Å². The van der Waals surface area contributed by atoms with E-state index in [1.54, 1.807) is 23.9 Å². The second-order valence-corrected chi connectivity index (χ2v) is 6.83. The first-order valence-corrected chi connectivity index (χ1v) is 7.14.